The van der Waals surface area contributed by atoms with E-state index in [1.807, 2.05) is 18.2 Å². The molecule has 3 rings (SSSR count). The second-order valence-electron chi connectivity index (χ2n) is 5.61. The Bertz CT molecular complexity index is 638. The standard InChI is InChI=1S/C17H19N3O3/c21-20(22)15-6-7-17(18-12-15)19-10-8-16(9-11-19)23-13-14-4-2-1-3-5-14/h1-7,12,16H,8-11,13H2. The highest BCUT2D eigenvalue weighted by Gasteiger charge is 2.21. The lowest BCUT2D eigenvalue weighted by Gasteiger charge is -2.32. The van der Waals surface area contributed by atoms with Crippen molar-refractivity contribution >= 4 is 11.5 Å². The molecule has 23 heavy (non-hydrogen) atoms. The van der Waals surface area contributed by atoms with E-state index in [2.05, 4.69) is 22.0 Å². The number of ether oxygens (including phenoxy) is 1. The van der Waals surface area contributed by atoms with E-state index in [-0.39, 0.29) is 11.8 Å². The van der Waals surface area contributed by atoms with Crippen LogP contribution in [0.1, 0.15) is 18.4 Å². The summed E-state index contributed by atoms with van der Waals surface area (Å²) in [7, 11) is 0. The zero-order valence-corrected chi connectivity index (χ0v) is 12.8. The molecule has 0 spiro atoms. The van der Waals surface area contributed by atoms with Gasteiger partial charge in [0.25, 0.3) is 5.69 Å². The summed E-state index contributed by atoms with van der Waals surface area (Å²) in [5, 5.41) is 10.7. The van der Waals surface area contributed by atoms with Crippen LogP contribution in [0.2, 0.25) is 0 Å². The van der Waals surface area contributed by atoms with Gasteiger partial charge in [0.15, 0.2) is 0 Å². The molecule has 120 valence electrons. The molecule has 2 aromatic rings. The fraction of sp³-hybridized carbons (Fsp3) is 0.353. The lowest BCUT2D eigenvalue weighted by Crippen LogP contribution is -2.37. The van der Waals surface area contributed by atoms with E-state index in [9.17, 15) is 10.1 Å². The molecule has 1 fully saturated rings. The molecular weight excluding hydrogens is 294 g/mol. The molecule has 6 heteroatoms. The van der Waals surface area contributed by atoms with Crippen LogP contribution >= 0.6 is 0 Å². The third-order valence-corrected chi connectivity index (χ3v) is 4.04. The Balaban J connectivity index is 1.49. The number of hydrogen-bond donors (Lipinski definition) is 0. The van der Waals surface area contributed by atoms with Gasteiger partial charge in [0.2, 0.25) is 0 Å². The number of rotatable bonds is 5. The highest BCUT2D eigenvalue weighted by Crippen LogP contribution is 2.22. The molecule has 1 aliphatic heterocycles. The normalized spacial score (nSPS) is 15.6. The van der Waals surface area contributed by atoms with Crippen LogP contribution in [0.15, 0.2) is 48.7 Å². The molecule has 1 aromatic carbocycles. The van der Waals surface area contributed by atoms with Crippen LogP contribution in [0.4, 0.5) is 11.5 Å². The molecule has 2 heterocycles. The van der Waals surface area contributed by atoms with Crippen molar-refractivity contribution in [2.45, 2.75) is 25.6 Å². The first-order chi connectivity index (χ1) is 11.2. The van der Waals surface area contributed by atoms with E-state index in [0.29, 0.717) is 6.61 Å². The van der Waals surface area contributed by atoms with Crippen LogP contribution in [0.5, 0.6) is 0 Å². The summed E-state index contributed by atoms with van der Waals surface area (Å²) in [5.74, 6) is 0.789. The van der Waals surface area contributed by atoms with Gasteiger partial charge in [0.1, 0.15) is 12.0 Å². The number of piperidine rings is 1. The molecule has 6 nitrogen and oxygen atoms in total. The van der Waals surface area contributed by atoms with Crippen molar-refractivity contribution < 1.29 is 9.66 Å². The van der Waals surface area contributed by atoms with Crippen molar-refractivity contribution in [2.75, 3.05) is 18.0 Å². The van der Waals surface area contributed by atoms with E-state index < -0.39 is 4.92 Å². The van der Waals surface area contributed by atoms with Crippen LogP contribution in [0.3, 0.4) is 0 Å². The quantitative estimate of drug-likeness (QED) is 0.626. The zero-order valence-electron chi connectivity index (χ0n) is 12.8. The summed E-state index contributed by atoms with van der Waals surface area (Å²) in [5.41, 5.74) is 1.21. The van der Waals surface area contributed by atoms with Crippen LogP contribution in [0.25, 0.3) is 0 Å². The number of hydrogen-bond acceptors (Lipinski definition) is 5. The van der Waals surface area contributed by atoms with Crippen molar-refractivity contribution in [2.24, 2.45) is 0 Å². The number of anilines is 1. The Labute approximate surface area is 134 Å². The van der Waals surface area contributed by atoms with Gasteiger partial charge in [-0.05, 0) is 24.5 Å². The van der Waals surface area contributed by atoms with E-state index in [1.54, 1.807) is 6.07 Å². The van der Waals surface area contributed by atoms with E-state index in [1.165, 1.54) is 17.8 Å². The molecule has 0 bridgehead atoms. The van der Waals surface area contributed by atoms with Gasteiger partial charge in [-0.25, -0.2) is 4.98 Å². The molecule has 1 aromatic heterocycles. The largest absolute Gasteiger partial charge is 0.373 e. The van der Waals surface area contributed by atoms with Gasteiger partial charge in [-0.2, -0.15) is 0 Å². The summed E-state index contributed by atoms with van der Waals surface area (Å²) < 4.78 is 5.97. The molecule has 1 aliphatic rings. The van der Waals surface area contributed by atoms with Gasteiger partial charge in [-0.3, -0.25) is 10.1 Å². The smallest absolute Gasteiger partial charge is 0.287 e. The predicted octanol–water partition coefficient (Wildman–Crippen LogP) is 3.18. The molecule has 0 radical (unpaired) electrons. The summed E-state index contributed by atoms with van der Waals surface area (Å²) >= 11 is 0. The van der Waals surface area contributed by atoms with E-state index in [0.717, 1.165) is 31.7 Å². The maximum absolute atomic E-state index is 10.7. The van der Waals surface area contributed by atoms with Crippen LogP contribution in [0, 0.1) is 10.1 Å². The van der Waals surface area contributed by atoms with Crippen molar-refractivity contribution in [1.29, 1.82) is 0 Å². The van der Waals surface area contributed by atoms with Crippen LogP contribution in [-0.4, -0.2) is 29.1 Å². The second-order valence-corrected chi connectivity index (χ2v) is 5.61. The molecule has 0 N–H and O–H groups in total. The average molecular weight is 313 g/mol. The first-order valence-corrected chi connectivity index (χ1v) is 7.73. The van der Waals surface area contributed by atoms with Crippen LogP contribution in [-0.2, 0) is 11.3 Å². The number of nitro groups is 1. The van der Waals surface area contributed by atoms with E-state index in [4.69, 9.17) is 4.74 Å². The molecule has 0 aliphatic carbocycles. The second kappa shape index (κ2) is 7.19. The third kappa shape index (κ3) is 4.04. The number of aromatic nitrogens is 1. The van der Waals surface area contributed by atoms with E-state index >= 15 is 0 Å². The number of pyridine rings is 1. The summed E-state index contributed by atoms with van der Waals surface area (Å²) in [4.78, 5) is 16.6. The minimum Gasteiger partial charge on any atom is -0.373 e. The molecule has 0 unspecified atom stereocenters. The van der Waals surface area contributed by atoms with Crippen molar-refractivity contribution in [3.05, 3.63) is 64.3 Å². The van der Waals surface area contributed by atoms with Gasteiger partial charge < -0.3 is 9.64 Å². The van der Waals surface area contributed by atoms with Crippen molar-refractivity contribution in [3.8, 4) is 0 Å². The lowest BCUT2D eigenvalue weighted by atomic mass is 10.1. The Kier molecular flexibility index (Phi) is 4.83. The highest BCUT2D eigenvalue weighted by molar-refractivity contribution is 5.43. The Morgan fingerprint density at radius 3 is 2.52 bits per heavy atom. The lowest BCUT2D eigenvalue weighted by molar-refractivity contribution is -0.385. The summed E-state index contributed by atoms with van der Waals surface area (Å²) in [6.45, 7) is 2.34. The topological polar surface area (TPSA) is 68.5 Å². The first kappa shape index (κ1) is 15.4. The average Bonchev–Trinajstić information content (AvgIpc) is 2.61. The molecule has 1 saturated heterocycles. The summed E-state index contributed by atoms with van der Waals surface area (Å²) in [6.07, 6.45) is 3.44. The number of benzene rings is 1. The maximum atomic E-state index is 10.7. The monoisotopic (exact) mass is 313 g/mol. The van der Waals surface area contributed by atoms with Gasteiger partial charge in [-0.15, -0.1) is 0 Å². The Hall–Kier alpha value is -2.47. The predicted molar refractivity (Wildman–Crippen MR) is 87.4 cm³/mol. The van der Waals surface area contributed by atoms with Crippen LogP contribution < -0.4 is 4.90 Å². The summed E-state index contributed by atoms with van der Waals surface area (Å²) in [6, 6.07) is 13.4. The Morgan fingerprint density at radius 2 is 1.91 bits per heavy atom. The zero-order chi connectivity index (χ0) is 16.1. The van der Waals surface area contributed by atoms with Crippen molar-refractivity contribution in [1.82, 2.24) is 4.98 Å². The first-order valence-electron chi connectivity index (χ1n) is 7.73. The molecule has 0 saturated carbocycles. The fourth-order valence-corrected chi connectivity index (χ4v) is 2.71. The third-order valence-electron chi connectivity index (χ3n) is 4.04. The SMILES string of the molecule is O=[N+]([O-])c1ccc(N2CCC(OCc3ccccc3)CC2)nc1. The fourth-order valence-electron chi connectivity index (χ4n) is 2.71. The minimum absolute atomic E-state index is 0.0230. The van der Waals surface area contributed by atoms with Crippen molar-refractivity contribution in [3.63, 3.8) is 0 Å². The van der Waals surface area contributed by atoms with Gasteiger partial charge in [0, 0.05) is 19.2 Å². The van der Waals surface area contributed by atoms with Gasteiger partial charge in [-0.1, -0.05) is 30.3 Å². The highest BCUT2D eigenvalue weighted by atomic mass is 16.6. The van der Waals surface area contributed by atoms with Gasteiger partial charge >= 0.3 is 0 Å². The number of nitrogens with zero attached hydrogens (tertiary/aromatic N) is 3. The Morgan fingerprint density at radius 1 is 1.17 bits per heavy atom. The minimum atomic E-state index is -0.430. The molecule has 0 atom stereocenters. The molecule has 0 amide bonds. The molecular formula is C17H19N3O3. The van der Waals surface area contributed by atoms with Gasteiger partial charge in [0.05, 0.1) is 17.6 Å². The maximum Gasteiger partial charge on any atom is 0.287 e.